The third kappa shape index (κ3) is 2.70. The second-order valence-corrected chi connectivity index (χ2v) is 5.10. The van der Waals surface area contributed by atoms with Crippen molar-refractivity contribution < 1.29 is 4.74 Å². The smallest absolute Gasteiger partial charge is 0.137 e. The molecule has 0 spiro atoms. The van der Waals surface area contributed by atoms with E-state index in [0.29, 0.717) is 6.04 Å². The second-order valence-electron chi connectivity index (χ2n) is 5.10. The minimum absolute atomic E-state index is 0.0800. The highest BCUT2D eigenvalue weighted by atomic mass is 16.5. The molecular weight excluding hydrogens is 234 g/mol. The monoisotopic (exact) mass is 253 g/mol. The fourth-order valence-corrected chi connectivity index (χ4v) is 2.59. The van der Waals surface area contributed by atoms with Gasteiger partial charge in [-0.3, -0.25) is 4.90 Å². The molecule has 1 aliphatic heterocycles. The first-order chi connectivity index (χ1) is 9.34. The molecule has 0 saturated carbocycles. The summed E-state index contributed by atoms with van der Waals surface area (Å²) in [6.07, 6.45) is 0.0800. The van der Waals surface area contributed by atoms with Gasteiger partial charge in [-0.15, -0.1) is 0 Å². The first-order valence-corrected chi connectivity index (χ1v) is 6.81. The van der Waals surface area contributed by atoms with E-state index in [1.807, 2.05) is 6.07 Å². The summed E-state index contributed by atoms with van der Waals surface area (Å²) in [4.78, 5) is 2.42. The van der Waals surface area contributed by atoms with Gasteiger partial charge in [-0.2, -0.15) is 0 Å². The van der Waals surface area contributed by atoms with E-state index in [0.717, 1.165) is 13.2 Å². The molecule has 0 radical (unpaired) electrons. The minimum atomic E-state index is 0.0800. The summed E-state index contributed by atoms with van der Waals surface area (Å²) in [5.41, 5.74) is 2.57. The molecule has 0 aliphatic carbocycles. The Hall–Kier alpha value is -1.64. The fraction of sp³-hybridized carbons (Fsp3) is 0.294. The average Bonchev–Trinajstić information content (AvgIpc) is 2.82. The van der Waals surface area contributed by atoms with Crippen LogP contribution in [0.3, 0.4) is 0 Å². The van der Waals surface area contributed by atoms with Crippen LogP contribution in [0.5, 0.6) is 0 Å². The molecule has 19 heavy (non-hydrogen) atoms. The van der Waals surface area contributed by atoms with Gasteiger partial charge < -0.3 is 4.74 Å². The highest BCUT2D eigenvalue weighted by Gasteiger charge is 2.32. The zero-order valence-electron chi connectivity index (χ0n) is 11.2. The van der Waals surface area contributed by atoms with Crippen molar-refractivity contribution in [2.45, 2.75) is 25.7 Å². The van der Waals surface area contributed by atoms with Crippen molar-refractivity contribution >= 4 is 0 Å². The van der Waals surface area contributed by atoms with E-state index in [2.05, 4.69) is 66.4 Å². The molecule has 1 saturated heterocycles. The van der Waals surface area contributed by atoms with Crippen molar-refractivity contribution in [2.24, 2.45) is 0 Å². The molecule has 0 bridgehead atoms. The molecule has 2 aromatic rings. The number of nitrogens with zero attached hydrogens (tertiary/aromatic N) is 1. The fourth-order valence-electron chi connectivity index (χ4n) is 2.59. The second kappa shape index (κ2) is 5.55. The molecule has 1 heterocycles. The molecule has 2 aromatic carbocycles. The lowest BCUT2D eigenvalue weighted by Crippen LogP contribution is -2.30. The minimum Gasteiger partial charge on any atom is -0.357 e. The Balaban J connectivity index is 1.81. The Morgan fingerprint density at radius 2 is 1.63 bits per heavy atom. The molecule has 98 valence electrons. The molecule has 3 rings (SSSR count). The number of benzene rings is 2. The maximum absolute atomic E-state index is 5.96. The Kier molecular flexibility index (Phi) is 3.62. The molecule has 1 aliphatic rings. The third-order valence-electron chi connectivity index (χ3n) is 3.66. The maximum atomic E-state index is 5.96. The van der Waals surface area contributed by atoms with Crippen molar-refractivity contribution in [1.82, 2.24) is 4.90 Å². The summed E-state index contributed by atoms with van der Waals surface area (Å²) >= 11 is 0. The van der Waals surface area contributed by atoms with E-state index in [1.165, 1.54) is 11.1 Å². The van der Waals surface area contributed by atoms with Crippen LogP contribution in [0, 0.1) is 0 Å². The van der Waals surface area contributed by atoms with Gasteiger partial charge in [0.25, 0.3) is 0 Å². The van der Waals surface area contributed by atoms with Gasteiger partial charge in [0.2, 0.25) is 0 Å². The van der Waals surface area contributed by atoms with Gasteiger partial charge in [0, 0.05) is 12.6 Å². The van der Waals surface area contributed by atoms with Crippen molar-refractivity contribution in [3.8, 4) is 0 Å². The summed E-state index contributed by atoms with van der Waals surface area (Å²) < 4.78 is 5.96. The maximum Gasteiger partial charge on any atom is 0.137 e. The van der Waals surface area contributed by atoms with E-state index >= 15 is 0 Å². The van der Waals surface area contributed by atoms with E-state index in [9.17, 15) is 0 Å². The van der Waals surface area contributed by atoms with Gasteiger partial charge in [-0.25, -0.2) is 0 Å². The molecule has 0 N–H and O–H groups in total. The van der Waals surface area contributed by atoms with Crippen LogP contribution in [0.1, 0.15) is 24.3 Å². The van der Waals surface area contributed by atoms with Gasteiger partial charge in [0.1, 0.15) is 6.23 Å². The van der Waals surface area contributed by atoms with Crippen LogP contribution >= 0.6 is 0 Å². The van der Waals surface area contributed by atoms with E-state index in [-0.39, 0.29) is 6.23 Å². The van der Waals surface area contributed by atoms with E-state index in [4.69, 9.17) is 4.74 Å². The Morgan fingerprint density at radius 3 is 2.32 bits per heavy atom. The van der Waals surface area contributed by atoms with Crippen molar-refractivity contribution in [2.75, 3.05) is 6.61 Å². The summed E-state index contributed by atoms with van der Waals surface area (Å²) in [5, 5.41) is 0. The standard InChI is InChI=1S/C17H19NO/c1-14-13-19-17(16-10-6-3-7-11-16)18(14)12-15-8-4-2-5-9-15/h2-11,14,17H,12-13H2,1H3. The Morgan fingerprint density at radius 1 is 1.00 bits per heavy atom. The normalized spacial score (nSPS) is 23.6. The number of ether oxygens (including phenoxy) is 1. The zero-order chi connectivity index (χ0) is 13.1. The van der Waals surface area contributed by atoms with Crippen LogP contribution in [0.4, 0.5) is 0 Å². The highest BCUT2D eigenvalue weighted by molar-refractivity contribution is 5.20. The SMILES string of the molecule is CC1COC(c2ccccc2)N1Cc1ccccc1. The van der Waals surface area contributed by atoms with Gasteiger partial charge in [-0.1, -0.05) is 60.7 Å². The van der Waals surface area contributed by atoms with Gasteiger partial charge >= 0.3 is 0 Å². The zero-order valence-corrected chi connectivity index (χ0v) is 11.2. The van der Waals surface area contributed by atoms with E-state index < -0.39 is 0 Å². The Bertz CT molecular complexity index is 511. The molecule has 0 aromatic heterocycles. The molecule has 2 heteroatoms. The number of hydrogen-bond acceptors (Lipinski definition) is 2. The quantitative estimate of drug-likeness (QED) is 0.828. The lowest BCUT2D eigenvalue weighted by Gasteiger charge is -2.26. The van der Waals surface area contributed by atoms with Crippen molar-refractivity contribution in [3.63, 3.8) is 0 Å². The molecule has 2 unspecified atom stereocenters. The van der Waals surface area contributed by atoms with Crippen molar-refractivity contribution in [1.29, 1.82) is 0 Å². The predicted octanol–water partition coefficient (Wildman–Crippen LogP) is 3.61. The molecule has 2 atom stereocenters. The summed E-state index contributed by atoms with van der Waals surface area (Å²) in [6, 6.07) is 21.5. The lowest BCUT2D eigenvalue weighted by molar-refractivity contribution is 0.0255. The van der Waals surface area contributed by atoms with Crippen LogP contribution in [0.2, 0.25) is 0 Å². The first-order valence-electron chi connectivity index (χ1n) is 6.81. The molecular formula is C17H19NO. The third-order valence-corrected chi connectivity index (χ3v) is 3.66. The van der Waals surface area contributed by atoms with Gasteiger partial charge in [0.15, 0.2) is 0 Å². The van der Waals surface area contributed by atoms with Crippen LogP contribution in [0.15, 0.2) is 60.7 Å². The first kappa shape index (κ1) is 12.4. The molecule has 1 fully saturated rings. The van der Waals surface area contributed by atoms with Gasteiger partial charge in [-0.05, 0) is 18.1 Å². The predicted molar refractivity (Wildman–Crippen MR) is 76.6 cm³/mol. The van der Waals surface area contributed by atoms with Crippen LogP contribution in [-0.2, 0) is 11.3 Å². The highest BCUT2D eigenvalue weighted by Crippen LogP contribution is 2.31. The van der Waals surface area contributed by atoms with Crippen molar-refractivity contribution in [3.05, 3.63) is 71.8 Å². The summed E-state index contributed by atoms with van der Waals surface area (Å²) in [6.45, 7) is 3.96. The largest absolute Gasteiger partial charge is 0.357 e. The molecule has 0 amide bonds. The lowest BCUT2D eigenvalue weighted by atomic mass is 10.1. The number of rotatable bonds is 3. The van der Waals surface area contributed by atoms with E-state index in [1.54, 1.807) is 0 Å². The summed E-state index contributed by atoms with van der Waals surface area (Å²) in [7, 11) is 0. The topological polar surface area (TPSA) is 12.5 Å². The number of hydrogen-bond donors (Lipinski definition) is 0. The van der Waals surface area contributed by atoms with Crippen LogP contribution in [0.25, 0.3) is 0 Å². The summed E-state index contributed by atoms with van der Waals surface area (Å²) in [5.74, 6) is 0. The Labute approximate surface area is 114 Å². The average molecular weight is 253 g/mol. The molecule has 2 nitrogen and oxygen atoms in total. The van der Waals surface area contributed by atoms with Crippen LogP contribution < -0.4 is 0 Å². The van der Waals surface area contributed by atoms with Gasteiger partial charge in [0.05, 0.1) is 6.61 Å². The van der Waals surface area contributed by atoms with Crippen LogP contribution in [-0.4, -0.2) is 17.5 Å².